The van der Waals surface area contributed by atoms with Gasteiger partial charge >= 0.3 is 12.1 Å². The fourth-order valence-corrected chi connectivity index (χ4v) is 1.25. The molecular formula is C11H10ClF3N2O2. The van der Waals surface area contributed by atoms with Crippen molar-refractivity contribution in [3.63, 3.8) is 0 Å². The monoisotopic (exact) mass is 294 g/mol. The smallest absolute Gasteiger partial charge is 0.350 e. The van der Waals surface area contributed by atoms with Gasteiger partial charge < -0.3 is 10.6 Å². The van der Waals surface area contributed by atoms with Crippen LogP contribution in [-0.2, 0) is 16.1 Å². The van der Waals surface area contributed by atoms with E-state index in [9.17, 15) is 22.8 Å². The largest absolute Gasteiger partial charge is 0.471 e. The molecule has 4 nitrogen and oxygen atoms in total. The van der Waals surface area contributed by atoms with Crippen LogP contribution in [0.3, 0.4) is 0 Å². The summed E-state index contributed by atoms with van der Waals surface area (Å²) in [6.07, 6.45) is -4.99. The summed E-state index contributed by atoms with van der Waals surface area (Å²) in [6, 6.07) is 6.57. The lowest BCUT2D eigenvalue weighted by molar-refractivity contribution is -0.173. The summed E-state index contributed by atoms with van der Waals surface area (Å²) in [7, 11) is 0. The summed E-state index contributed by atoms with van der Waals surface area (Å²) in [5.41, 5.74) is 0.736. The van der Waals surface area contributed by atoms with Crippen LogP contribution in [0.1, 0.15) is 5.56 Å². The Kier molecular flexibility index (Phi) is 5.17. The number of hydrogen-bond donors (Lipinski definition) is 2. The molecule has 1 aromatic carbocycles. The van der Waals surface area contributed by atoms with Gasteiger partial charge in [0.05, 0.1) is 6.54 Å². The first-order valence-electron chi connectivity index (χ1n) is 5.15. The van der Waals surface area contributed by atoms with Crippen LogP contribution in [-0.4, -0.2) is 24.5 Å². The second kappa shape index (κ2) is 6.42. The summed E-state index contributed by atoms with van der Waals surface area (Å²) in [5.74, 6) is -2.86. The molecule has 19 heavy (non-hydrogen) atoms. The zero-order chi connectivity index (χ0) is 14.5. The Morgan fingerprint density at radius 2 is 1.68 bits per heavy atom. The van der Waals surface area contributed by atoms with Crippen molar-refractivity contribution in [2.75, 3.05) is 6.54 Å². The van der Waals surface area contributed by atoms with Crippen molar-refractivity contribution >= 4 is 23.4 Å². The number of halogens is 4. The lowest BCUT2D eigenvalue weighted by Crippen LogP contribution is -2.42. The summed E-state index contributed by atoms with van der Waals surface area (Å²) in [4.78, 5) is 21.6. The third-order valence-electron chi connectivity index (χ3n) is 2.07. The third-order valence-corrected chi connectivity index (χ3v) is 2.32. The predicted molar refractivity (Wildman–Crippen MR) is 62.4 cm³/mol. The molecular weight excluding hydrogens is 285 g/mol. The highest BCUT2D eigenvalue weighted by molar-refractivity contribution is 6.30. The summed E-state index contributed by atoms with van der Waals surface area (Å²) < 4.78 is 35.5. The van der Waals surface area contributed by atoms with Crippen LogP contribution in [0.4, 0.5) is 13.2 Å². The van der Waals surface area contributed by atoms with E-state index in [1.807, 2.05) is 0 Å². The maximum absolute atomic E-state index is 11.8. The quantitative estimate of drug-likeness (QED) is 0.887. The number of alkyl halides is 3. The van der Waals surface area contributed by atoms with Crippen molar-refractivity contribution < 1.29 is 22.8 Å². The van der Waals surface area contributed by atoms with Crippen LogP contribution >= 0.6 is 11.6 Å². The van der Waals surface area contributed by atoms with Gasteiger partial charge in [-0.2, -0.15) is 13.2 Å². The van der Waals surface area contributed by atoms with Gasteiger partial charge in [0.25, 0.3) is 0 Å². The molecule has 2 N–H and O–H groups in total. The van der Waals surface area contributed by atoms with Crippen LogP contribution in [0.5, 0.6) is 0 Å². The topological polar surface area (TPSA) is 58.2 Å². The van der Waals surface area contributed by atoms with Gasteiger partial charge in [-0.3, -0.25) is 9.59 Å². The number of hydrogen-bond acceptors (Lipinski definition) is 2. The molecule has 2 amide bonds. The Balaban J connectivity index is 2.32. The molecule has 0 unspecified atom stereocenters. The third kappa shape index (κ3) is 5.60. The Morgan fingerprint density at radius 1 is 1.11 bits per heavy atom. The van der Waals surface area contributed by atoms with E-state index in [-0.39, 0.29) is 6.54 Å². The Hall–Kier alpha value is -1.76. The highest BCUT2D eigenvalue weighted by Crippen LogP contribution is 2.13. The van der Waals surface area contributed by atoms with Gasteiger partial charge in [0.2, 0.25) is 5.91 Å². The van der Waals surface area contributed by atoms with Crippen molar-refractivity contribution in [3.8, 4) is 0 Å². The number of carbonyl (C=O) groups excluding carboxylic acids is 2. The fraction of sp³-hybridized carbons (Fsp3) is 0.273. The molecule has 0 bridgehead atoms. The SMILES string of the molecule is O=C(CNC(=O)C(F)(F)F)NCc1ccc(Cl)cc1. The standard InChI is InChI=1S/C11H10ClF3N2O2/c12-8-3-1-7(2-4-8)5-16-9(18)6-17-10(19)11(13,14)15/h1-4H,5-6H2,(H,16,18)(H,17,19). The van der Waals surface area contributed by atoms with E-state index in [0.717, 1.165) is 5.56 Å². The first-order chi connectivity index (χ1) is 8.79. The van der Waals surface area contributed by atoms with Crippen LogP contribution in [0.15, 0.2) is 24.3 Å². The van der Waals surface area contributed by atoms with Crippen LogP contribution in [0, 0.1) is 0 Å². The average Bonchev–Trinajstić information content (AvgIpc) is 2.34. The van der Waals surface area contributed by atoms with Gasteiger partial charge in [-0.25, -0.2) is 0 Å². The van der Waals surface area contributed by atoms with E-state index in [1.165, 1.54) is 5.32 Å². The molecule has 0 radical (unpaired) electrons. The Labute approximate surface area is 111 Å². The molecule has 1 rings (SSSR count). The van der Waals surface area contributed by atoms with E-state index in [2.05, 4.69) is 5.32 Å². The summed E-state index contributed by atoms with van der Waals surface area (Å²) >= 11 is 5.66. The molecule has 0 atom stereocenters. The number of amides is 2. The van der Waals surface area contributed by atoms with Crippen molar-refractivity contribution in [1.29, 1.82) is 0 Å². The fourth-order valence-electron chi connectivity index (χ4n) is 1.13. The molecule has 1 aromatic rings. The molecule has 104 valence electrons. The highest BCUT2D eigenvalue weighted by Gasteiger charge is 2.38. The number of rotatable bonds is 4. The number of nitrogens with one attached hydrogen (secondary N) is 2. The molecule has 0 spiro atoms. The predicted octanol–water partition coefficient (Wildman–Crippen LogP) is 1.63. The van der Waals surface area contributed by atoms with E-state index in [4.69, 9.17) is 11.6 Å². The van der Waals surface area contributed by atoms with Gasteiger partial charge in [-0.15, -0.1) is 0 Å². The van der Waals surface area contributed by atoms with Crippen LogP contribution < -0.4 is 10.6 Å². The van der Waals surface area contributed by atoms with Crippen molar-refractivity contribution in [2.45, 2.75) is 12.7 Å². The van der Waals surface area contributed by atoms with Gasteiger partial charge in [0.1, 0.15) is 0 Å². The normalized spacial score (nSPS) is 10.9. The minimum absolute atomic E-state index is 0.137. The first kappa shape index (κ1) is 15.3. The van der Waals surface area contributed by atoms with E-state index in [0.29, 0.717) is 5.02 Å². The lowest BCUT2D eigenvalue weighted by atomic mass is 10.2. The molecule has 0 aliphatic rings. The zero-order valence-electron chi connectivity index (χ0n) is 9.55. The average molecular weight is 295 g/mol. The van der Waals surface area contributed by atoms with E-state index < -0.39 is 24.5 Å². The first-order valence-corrected chi connectivity index (χ1v) is 5.53. The molecule has 0 saturated heterocycles. The second-order valence-corrected chi connectivity index (χ2v) is 4.02. The van der Waals surface area contributed by atoms with Crippen molar-refractivity contribution in [3.05, 3.63) is 34.9 Å². The van der Waals surface area contributed by atoms with Gasteiger partial charge in [0, 0.05) is 11.6 Å². The molecule has 0 fully saturated rings. The van der Waals surface area contributed by atoms with Crippen molar-refractivity contribution in [1.82, 2.24) is 10.6 Å². The molecule has 0 aliphatic heterocycles. The summed E-state index contributed by atoms with van der Waals surface area (Å²) in [5, 5.41) is 4.37. The van der Waals surface area contributed by atoms with E-state index >= 15 is 0 Å². The second-order valence-electron chi connectivity index (χ2n) is 3.58. The zero-order valence-corrected chi connectivity index (χ0v) is 10.3. The number of carbonyl (C=O) groups is 2. The number of benzene rings is 1. The maximum atomic E-state index is 11.8. The minimum atomic E-state index is -4.99. The Bertz CT molecular complexity index is 460. The van der Waals surface area contributed by atoms with E-state index in [1.54, 1.807) is 24.3 Å². The summed E-state index contributed by atoms with van der Waals surface area (Å²) in [6.45, 7) is -0.593. The highest BCUT2D eigenvalue weighted by atomic mass is 35.5. The molecule has 0 aliphatic carbocycles. The van der Waals surface area contributed by atoms with Crippen LogP contribution in [0.25, 0.3) is 0 Å². The molecule has 0 saturated carbocycles. The van der Waals surface area contributed by atoms with Gasteiger partial charge in [0.15, 0.2) is 0 Å². The Morgan fingerprint density at radius 3 is 2.21 bits per heavy atom. The maximum Gasteiger partial charge on any atom is 0.471 e. The molecule has 8 heteroatoms. The van der Waals surface area contributed by atoms with Crippen LogP contribution in [0.2, 0.25) is 5.02 Å². The van der Waals surface area contributed by atoms with Gasteiger partial charge in [-0.1, -0.05) is 23.7 Å². The lowest BCUT2D eigenvalue weighted by Gasteiger charge is -2.08. The molecule has 0 heterocycles. The molecule has 0 aromatic heterocycles. The minimum Gasteiger partial charge on any atom is -0.350 e. The van der Waals surface area contributed by atoms with Crippen molar-refractivity contribution in [2.24, 2.45) is 0 Å². The van der Waals surface area contributed by atoms with Gasteiger partial charge in [-0.05, 0) is 17.7 Å².